The van der Waals surface area contributed by atoms with Gasteiger partial charge < -0.3 is 20.5 Å². The number of benzene rings is 1. The maximum absolute atomic E-state index is 12.0. The average Bonchev–Trinajstić information content (AvgIpc) is 2.79. The smallest absolute Gasteiger partial charge is 0.319 e. The quantitative estimate of drug-likeness (QED) is 0.787. The molecule has 2 atom stereocenters. The molecule has 0 bridgehead atoms. The second-order valence-electron chi connectivity index (χ2n) is 4.90. The Bertz CT molecular complexity index is 481. The van der Waals surface area contributed by atoms with E-state index < -0.39 is 6.10 Å². The zero-order valence-electron chi connectivity index (χ0n) is 11.4. The van der Waals surface area contributed by atoms with Crippen molar-refractivity contribution in [3.05, 3.63) is 28.2 Å². The Hall–Kier alpha value is -1.11. The predicted octanol–water partition coefficient (Wildman–Crippen LogP) is 2.63. The van der Waals surface area contributed by atoms with E-state index in [1.54, 1.807) is 7.11 Å². The van der Waals surface area contributed by atoms with E-state index in [4.69, 9.17) is 4.74 Å². The summed E-state index contributed by atoms with van der Waals surface area (Å²) >= 11 is 3.44. The van der Waals surface area contributed by atoms with Crippen LogP contribution in [-0.2, 0) is 11.3 Å². The van der Waals surface area contributed by atoms with E-state index in [0.29, 0.717) is 12.3 Å². The molecule has 1 fully saturated rings. The molecule has 0 unspecified atom stereocenters. The van der Waals surface area contributed by atoms with Crippen LogP contribution >= 0.6 is 15.9 Å². The zero-order valence-corrected chi connectivity index (χ0v) is 12.9. The van der Waals surface area contributed by atoms with Gasteiger partial charge in [-0.15, -0.1) is 0 Å². The summed E-state index contributed by atoms with van der Waals surface area (Å²) in [5.41, 5.74) is 1.59. The van der Waals surface area contributed by atoms with Gasteiger partial charge in [0.15, 0.2) is 0 Å². The number of hydrogen-bond donors (Lipinski definition) is 3. The predicted molar refractivity (Wildman–Crippen MR) is 80.7 cm³/mol. The maximum Gasteiger partial charge on any atom is 0.319 e. The molecule has 0 spiro atoms. The second-order valence-corrected chi connectivity index (χ2v) is 5.76. The van der Waals surface area contributed by atoms with Crippen molar-refractivity contribution in [2.45, 2.75) is 38.0 Å². The molecule has 1 aromatic rings. The van der Waals surface area contributed by atoms with E-state index in [1.807, 2.05) is 18.2 Å². The van der Waals surface area contributed by atoms with E-state index in [2.05, 4.69) is 26.6 Å². The second kappa shape index (κ2) is 7.06. The van der Waals surface area contributed by atoms with Gasteiger partial charge in [-0.3, -0.25) is 0 Å². The van der Waals surface area contributed by atoms with Crippen LogP contribution in [-0.4, -0.2) is 30.4 Å². The molecule has 0 heterocycles. The number of rotatable bonds is 4. The average molecular weight is 343 g/mol. The van der Waals surface area contributed by atoms with Crippen LogP contribution in [0.1, 0.15) is 24.8 Å². The molecule has 0 aliphatic heterocycles. The van der Waals surface area contributed by atoms with Gasteiger partial charge in [0.1, 0.15) is 0 Å². The van der Waals surface area contributed by atoms with Crippen LogP contribution < -0.4 is 10.6 Å². The summed E-state index contributed by atoms with van der Waals surface area (Å²) in [5, 5.41) is 15.3. The summed E-state index contributed by atoms with van der Waals surface area (Å²) in [6.45, 7) is 0.406. The molecule has 3 N–H and O–H groups in total. The fraction of sp³-hybridized carbons (Fsp3) is 0.500. The number of ether oxygens (including phenoxy) is 1. The number of anilines is 1. The lowest BCUT2D eigenvalue weighted by Crippen LogP contribution is -2.42. The Labute approximate surface area is 126 Å². The minimum absolute atomic E-state index is 0.159. The number of carbonyl (C=O) groups excluding carboxylic acids is 1. The molecule has 20 heavy (non-hydrogen) atoms. The van der Waals surface area contributed by atoms with E-state index in [0.717, 1.165) is 29.3 Å². The van der Waals surface area contributed by atoms with Crippen molar-refractivity contribution >= 4 is 27.6 Å². The molecule has 1 aliphatic rings. The molecule has 0 aromatic heterocycles. The van der Waals surface area contributed by atoms with Gasteiger partial charge >= 0.3 is 6.03 Å². The standard InChI is InChI=1S/C14H19BrN2O3/c1-20-8-9-10(15)4-2-5-11(9)16-14(19)17-12-6-3-7-13(12)18/h2,4-5,12-13,18H,3,6-8H2,1H3,(H2,16,17,19)/t12-,13-/m1/s1. The molecular weight excluding hydrogens is 324 g/mol. The number of urea groups is 1. The maximum atomic E-state index is 12.0. The van der Waals surface area contributed by atoms with Crippen molar-refractivity contribution in [2.75, 3.05) is 12.4 Å². The molecule has 1 aliphatic carbocycles. The van der Waals surface area contributed by atoms with Gasteiger partial charge in [0.05, 0.1) is 18.8 Å². The van der Waals surface area contributed by atoms with Crippen molar-refractivity contribution < 1.29 is 14.6 Å². The number of aliphatic hydroxyl groups excluding tert-OH is 1. The number of carbonyl (C=O) groups is 1. The van der Waals surface area contributed by atoms with Gasteiger partial charge in [0.2, 0.25) is 0 Å². The van der Waals surface area contributed by atoms with E-state index in [1.165, 1.54) is 0 Å². The third-order valence-electron chi connectivity index (χ3n) is 3.45. The first kappa shape index (κ1) is 15.3. The highest BCUT2D eigenvalue weighted by Crippen LogP contribution is 2.26. The monoisotopic (exact) mass is 342 g/mol. The largest absolute Gasteiger partial charge is 0.391 e. The highest BCUT2D eigenvalue weighted by Gasteiger charge is 2.26. The summed E-state index contributed by atoms with van der Waals surface area (Å²) < 4.78 is 6.03. The Morgan fingerprint density at radius 1 is 1.50 bits per heavy atom. The molecule has 1 aromatic carbocycles. The van der Waals surface area contributed by atoms with Crippen LogP contribution in [0.5, 0.6) is 0 Å². The Balaban J connectivity index is 2.02. The van der Waals surface area contributed by atoms with Gasteiger partial charge in [-0.1, -0.05) is 22.0 Å². The van der Waals surface area contributed by atoms with Gasteiger partial charge in [0.25, 0.3) is 0 Å². The van der Waals surface area contributed by atoms with E-state index >= 15 is 0 Å². The Morgan fingerprint density at radius 2 is 2.30 bits per heavy atom. The minimum Gasteiger partial charge on any atom is -0.391 e. The number of aliphatic hydroxyl groups is 1. The first-order chi connectivity index (χ1) is 9.61. The molecule has 2 rings (SSSR count). The fourth-order valence-corrected chi connectivity index (χ4v) is 2.88. The highest BCUT2D eigenvalue weighted by molar-refractivity contribution is 9.10. The number of methoxy groups -OCH3 is 1. The lowest BCUT2D eigenvalue weighted by Gasteiger charge is -2.18. The van der Waals surface area contributed by atoms with Crippen LogP contribution in [0.2, 0.25) is 0 Å². The van der Waals surface area contributed by atoms with Crippen LogP contribution in [0.4, 0.5) is 10.5 Å². The van der Waals surface area contributed by atoms with Gasteiger partial charge in [0, 0.05) is 22.8 Å². The van der Waals surface area contributed by atoms with Crippen molar-refractivity contribution in [1.29, 1.82) is 0 Å². The number of nitrogens with one attached hydrogen (secondary N) is 2. The first-order valence-corrected chi connectivity index (χ1v) is 7.43. The van der Waals surface area contributed by atoms with Crippen LogP contribution in [0.25, 0.3) is 0 Å². The van der Waals surface area contributed by atoms with Crippen LogP contribution in [0.15, 0.2) is 22.7 Å². The molecule has 5 nitrogen and oxygen atoms in total. The third-order valence-corrected chi connectivity index (χ3v) is 4.19. The molecule has 1 saturated carbocycles. The van der Waals surface area contributed by atoms with Gasteiger partial charge in [-0.25, -0.2) is 4.79 Å². The molecule has 6 heteroatoms. The molecule has 2 amide bonds. The molecule has 0 saturated heterocycles. The van der Waals surface area contributed by atoms with Crippen molar-refractivity contribution in [1.82, 2.24) is 5.32 Å². The van der Waals surface area contributed by atoms with Gasteiger partial charge in [-0.05, 0) is 31.4 Å². The number of amides is 2. The highest BCUT2D eigenvalue weighted by atomic mass is 79.9. The first-order valence-electron chi connectivity index (χ1n) is 6.63. The van der Waals surface area contributed by atoms with Crippen molar-refractivity contribution in [3.63, 3.8) is 0 Å². The molecular formula is C14H19BrN2O3. The van der Waals surface area contributed by atoms with E-state index in [9.17, 15) is 9.90 Å². The zero-order chi connectivity index (χ0) is 14.5. The number of hydrogen-bond acceptors (Lipinski definition) is 3. The van der Waals surface area contributed by atoms with Crippen LogP contribution in [0.3, 0.4) is 0 Å². The van der Waals surface area contributed by atoms with E-state index in [-0.39, 0.29) is 12.1 Å². The summed E-state index contributed by atoms with van der Waals surface area (Å²) in [5.74, 6) is 0. The molecule has 0 radical (unpaired) electrons. The summed E-state index contributed by atoms with van der Waals surface area (Å²) in [4.78, 5) is 12.0. The Kier molecular flexibility index (Phi) is 5.39. The topological polar surface area (TPSA) is 70.6 Å². The summed E-state index contributed by atoms with van der Waals surface area (Å²) in [7, 11) is 1.61. The molecule has 110 valence electrons. The summed E-state index contributed by atoms with van der Waals surface area (Å²) in [6.07, 6.45) is 2.06. The SMILES string of the molecule is COCc1c(Br)cccc1NC(=O)N[C@@H]1CCC[C@H]1O. The Morgan fingerprint density at radius 3 is 2.95 bits per heavy atom. The van der Waals surface area contributed by atoms with Crippen molar-refractivity contribution in [3.8, 4) is 0 Å². The fourth-order valence-electron chi connectivity index (χ4n) is 2.40. The third kappa shape index (κ3) is 3.71. The normalized spacial score (nSPS) is 21.8. The van der Waals surface area contributed by atoms with Gasteiger partial charge in [-0.2, -0.15) is 0 Å². The lowest BCUT2D eigenvalue weighted by molar-refractivity contribution is 0.151. The van der Waals surface area contributed by atoms with Crippen molar-refractivity contribution in [2.24, 2.45) is 0 Å². The minimum atomic E-state index is -0.443. The lowest BCUT2D eigenvalue weighted by atomic mass is 10.2. The number of halogens is 1. The summed E-state index contributed by atoms with van der Waals surface area (Å²) in [6, 6.07) is 5.12. The van der Waals surface area contributed by atoms with Crippen LogP contribution in [0, 0.1) is 0 Å².